The summed E-state index contributed by atoms with van der Waals surface area (Å²) in [5.74, 6) is -9.16. The van der Waals surface area contributed by atoms with Gasteiger partial charge < -0.3 is 43.6 Å². The number of hydrogen-bond donors (Lipinski definition) is 1. The predicted octanol–water partition coefficient (Wildman–Crippen LogP) is -0.844. The van der Waals surface area contributed by atoms with E-state index in [4.69, 9.17) is 43.6 Å². The SMILES string of the molecule is COC(=O)[C@@]1(OC(C)=O)O[C@@H]([C@H](OC(C)=O)[C@@H](COC(C)=O)OC(C)=O)[C@H](C)[C@@H](OC(C)=O)[C@@H]1OCCN. The zero-order chi connectivity index (χ0) is 29.2. The second-order valence-electron chi connectivity index (χ2n) is 8.37. The van der Waals surface area contributed by atoms with E-state index in [0.717, 1.165) is 41.7 Å². The minimum absolute atomic E-state index is 0.0363. The molecule has 0 aromatic heterocycles. The number of esters is 6. The topological polar surface area (TPSA) is 202 Å². The van der Waals surface area contributed by atoms with Crippen molar-refractivity contribution >= 4 is 35.8 Å². The summed E-state index contributed by atoms with van der Waals surface area (Å²) in [5, 5.41) is 0. The molecule has 1 heterocycles. The molecule has 0 unspecified atom stereocenters. The molecule has 216 valence electrons. The zero-order valence-electron chi connectivity index (χ0n) is 22.4. The third kappa shape index (κ3) is 8.63. The van der Waals surface area contributed by atoms with Crippen LogP contribution in [-0.2, 0) is 66.7 Å². The molecule has 1 saturated heterocycles. The number of carbonyl (C=O) groups excluding carboxylic acids is 6. The van der Waals surface area contributed by atoms with Gasteiger partial charge in [-0.1, -0.05) is 6.92 Å². The fourth-order valence-electron chi connectivity index (χ4n) is 3.98. The van der Waals surface area contributed by atoms with Crippen LogP contribution in [0.3, 0.4) is 0 Å². The highest BCUT2D eigenvalue weighted by molar-refractivity contribution is 5.82. The number of carbonyl (C=O) groups is 6. The van der Waals surface area contributed by atoms with Crippen LogP contribution in [0.2, 0.25) is 0 Å². The third-order valence-electron chi connectivity index (χ3n) is 5.26. The molecule has 0 aromatic rings. The molecule has 1 aliphatic heterocycles. The lowest BCUT2D eigenvalue weighted by Crippen LogP contribution is -2.71. The predicted molar refractivity (Wildman–Crippen MR) is 123 cm³/mol. The summed E-state index contributed by atoms with van der Waals surface area (Å²) in [6, 6.07) is 0. The zero-order valence-corrected chi connectivity index (χ0v) is 22.4. The van der Waals surface area contributed by atoms with Gasteiger partial charge in [-0.15, -0.1) is 0 Å². The van der Waals surface area contributed by atoms with E-state index in [-0.39, 0.29) is 13.2 Å². The number of ether oxygens (including phenoxy) is 8. The first kappa shape index (κ1) is 32.7. The van der Waals surface area contributed by atoms with Crippen molar-refractivity contribution in [1.29, 1.82) is 0 Å². The van der Waals surface area contributed by atoms with Gasteiger partial charge in [-0.25, -0.2) is 4.79 Å². The van der Waals surface area contributed by atoms with Gasteiger partial charge in [-0.05, 0) is 0 Å². The largest absolute Gasteiger partial charge is 0.464 e. The van der Waals surface area contributed by atoms with Crippen LogP contribution < -0.4 is 5.73 Å². The molecule has 1 fully saturated rings. The van der Waals surface area contributed by atoms with Gasteiger partial charge >= 0.3 is 41.6 Å². The summed E-state index contributed by atoms with van der Waals surface area (Å²) in [5.41, 5.74) is 5.55. The molecule has 0 aromatic carbocycles. The Labute approximate surface area is 219 Å². The van der Waals surface area contributed by atoms with Crippen molar-refractivity contribution in [2.75, 3.05) is 26.9 Å². The van der Waals surface area contributed by atoms with Crippen LogP contribution in [0.15, 0.2) is 0 Å². The fourth-order valence-corrected chi connectivity index (χ4v) is 3.98. The molecule has 7 atom stereocenters. The molecule has 15 heteroatoms. The van der Waals surface area contributed by atoms with Crippen molar-refractivity contribution in [3.05, 3.63) is 0 Å². The minimum Gasteiger partial charge on any atom is -0.464 e. The van der Waals surface area contributed by atoms with Crippen molar-refractivity contribution < 1.29 is 66.7 Å². The summed E-state index contributed by atoms with van der Waals surface area (Å²) in [4.78, 5) is 72.9. The first-order chi connectivity index (χ1) is 17.7. The first-order valence-electron chi connectivity index (χ1n) is 11.6. The van der Waals surface area contributed by atoms with Gasteiger partial charge in [0.05, 0.1) is 13.7 Å². The maximum Gasteiger partial charge on any atom is 0.382 e. The summed E-state index contributed by atoms with van der Waals surface area (Å²) in [6.07, 6.45) is -7.48. The molecule has 15 nitrogen and oxygen atoms in total. The van der Waals surface area contributed by atoms with E-state index >= 15 is 0 Å². The summed E-state index contributed by atoms with van der Waals surface area (Å²) >= 11 is 0. The lowest BCUT2D eigenvalue weighted by molar-refractivity contribution is -0.350. The Balaban J connectivity index is 3.85. The third-order valence-corrected chi connectivity index (χ3v) is 5.26. The molecule has 0 spiro atoms. The van der Waals surface area contributed by atoms with Crippen molar-refractivity contribution in [1.82, 2.24) is 0 Å². The van der Waals surface area contributed by atoms with E-state index in [1.165, 1.54) is 6.92 Å². The highest BCUT2D eigenvalue weighted by Crippen LogP contribution is 2.41. The lowest BCUT2D eigenvalue weighted by atomic mass is 9.82. The van der Waals surface area contributed by atoms with Gasteiger partial charge in [-0.3, -0.25) is 24.0 Å². The smallest absolute Gasteiger partial charge is 0.382 e. The van der Waals surface area contributed by atoms with E-state index in [0.29, 0.717) is 0 Å². The van der Waals surface area contributed by atoms with Crippen LogP contribution in [-0.4, -0.2) is 99.0 Å². The van der Waals surface area contributed by atoms with Gasteiger partial charge in [0.15, 0.2) is 18.3 Å². The molecular formula is C23H35NO14. The van der Waals surface area contributed by atoms with Gasteiger partial charge in [0.25, 0.3) is 0 Å². The molecule has 0 radical (unpaired) electrons. The average molecular weight is 550 g/mol. The Kier molecular flexibility index (Phi) is 12.6. The second-order valence-corrected chi connectivity index (χ2v) is 8.37. The molecule has 1 rings (SSSR count). The molecule has 0 aliphatic carbocycles. The van der Waals surface area contributed by atoms with Crippen LogP contribution in [0.4, 0.5) is 0 Å². The van der Waals surface area contributed by atoms with E-state index in [1.54, 1.807) is 0 Å². The van der Waals surface area contributed by atoms with Crippen LogP contribution >= 0.6 is 0 Å². The van der Waals surface area contributed by atoms with Gasteiger partial charge in [0, 0.05) is 47.1 Å². The molecule has 2 N–H and O–H groups in total. The maximum atomic E-state index is 13.2. The Morgan fingerprint density at radius 2 is 1.50 bits per heavy atom. The van der Waals surface area contributed by atoms with Crippen molar-refractivity contribution in [3.63, 3.8) is 0 Å². The number of nitrogens with two attached hydrogens (primary N) is 1. The van der Waals surface area contributed by atoms with Crippen LogP contribution in [0.5, 0.6) is 0 Å². The Morgan fingerprint density at radius 1 is 0.895 bits per heavy atom. The highest BCUT2D eigenvalue weighted by Gasteiger charge is 2.66. The lowest BCUT2D eigenvalue weighted by Gasteiger charge is -2.50. The average Bonchev–Trinajstić information content (AvgIpc) is 2.80. The minimum atomic E-state index is -2.69. The first-order valence-corrected chi connectivity index (χ1v) is 11.6. The van der Waals surface area contributed by atoms with Crippen molar-refractivity contribution in [2.45, 2.75) is 77.8 Å². The summed E-state index contributed by atoms with van der Waals surface area (Å²) in [6.45, 7) is 5.99. The van der Waals surface area contributed by atoms with E-state index in [2.05, 4.69) is 0 Å². The molecule has 0 saturated carbocycles. The molecule has 1 aliphatic rings. The van der Waals surface area contributed by atoms with Gasteiger partial charge in [-0.2, -0.15) is 0 Å². The summed E-state index contributed by atoms with van der Waals surface area (Å²) in [7, 11) is 0.983. The van der Waals surface area contributed by atoms with Crippen LogP contribution in [0.25, 0.3) is 0 Å². The summed E-state index contributed by atoms with van der Waals surface area (Å²) < 4.78 is 43.0. The molecule has 38 heavy (non-hydrogen) atoms. The highest BCUT2D eigenvalue weighted by atomic mass is 16.8. The molecule has 0 amide bonds. The fraction of sp³-hybridized carbons (Fsp3) is 0.739. The number of hydrogen-bond acceptors (Lipinski definition) is 15. The van der Waals surface area contributed by atoms with E-state index in [9.17, 15) is 28.8 Å². The Morgan fingerprint density at radius 3 is 1.95 bits per heavy atom. The molecule has 0 bridgehead atoms. The monoisotopic (exact) mass is 549 g/mol. The number of rotatable bonds is 12. The van der Waals surface area contributed by atoms with Crippen molar-refractivity contribution in [3.8, 4) is 0 Å². The quantitative estimate of drug-likeness (QED) is 0.233. The van der Waals surface area contributed by atoms with Gasteiger partial charge in [0.2, 0.25) is 0 Å². The molecular weight excluding hydrogens is 514 g/mol. The second kappa shape index (κ2) is 14.6. The van der Waals surface area contributed by atoms with Crippen LogP contribution in [0.1, 0.15) is 41.5 Å². The van der Waals surface area contributed by atoms with Crippen molar-refractivity contribution in [2.24, 2.45) is 11.7 Å². The van der Waals surface area contributed by atoms with E-state index < -0.39 is 84.6 Å². The Hall–Kier alpha value is -3.30. The maximum absolute atomic E-state index is 13.2. The van der Waals surface area contributed by atoms with E-state index in [1.807, 2.05) is 0 Å². The normalized spacial score (nSPS) is 26.2. The Bertz CT molecular complexity index is 891. The number of methoxy groups -OCH3 is 1. The standard InChI is InChI=1S/C23H35NO14/c1-11-18(20(36-15(5)28)17(34-13(3)26)10-33-12(2)25)38-23(22(30)31-7,37-16(6)29)21(32-9-8-24)19(11)35-14(4)27/h11,17-21H,8-10,24H2,1-7H3/t11-,17+,18+,19+,20+,21-,23-/m0/s1. The van der Waals surface area contributed by atoms with Crippen LogP contribution in [0, 0.1) is 5.92 Å². The van der Waals surface area contributed by atoms with Gasteiger partial charge in [0.1, 0.15) is 18.8 Å².